The molecule has 0 heterocycles. The zero-order valence-electron chi connectivity index (χ0n) is 9.82. The number of rotatable bonds is 3. The molecule has 16 heavy (non-hydrogen) atoms. The van der Waals surface area contributed by atoms with E-state index in [1.165, 1.54) is 6.92 Å². The molecule has 0 radical (unpaired) electrons. The molecular weight excluding hydrogens is 222 g/mol. The summed E-state index contributed by atoms with van der Waals surface area (Å²) >= 11 is 1.02. The van der Waals surface area contributed by atoms with E-state index < -0.39 is 0 Å². The molecule has 3 nitrogen and oxygen atoms in total. The number of carbonyl (C=O) groups excluding carboxylic acids is 2. The first-order chi connectivity index (χ1) is 7.59. The molecule has 0 saturated heterocycles. The van der Waals surface area contributed by atoms with Crippen molar-refractivity contribution in [3.8, 4) is 0 Å². The summed E-state index contributed by atoms with van der Waals surface area (Å²) in [6.45, 7) is 5.45. The second kappa shape index (κ2) is 7.93. The molecule has 0 fully saturated rings. The minimum absolute atomic E-state index is 0. The largest absolute Gasteiger partial charge is 0.399 e. The molecule has 1 aromatic rings. The lowest BCUT2D eigenvalue weighted by molar-refractivity contribution is -0.109. The summed E-state index contributed by atoms with van der Waals surface area (Å²) < 4.78 is 0. The van der Waals surface area contributed by atoms with Gasteiger partial charge in [-0.05, 0) is 24.3 Å². The molecule has 0 aliphatic rings. The van der Waals surface area contributed by atoms with Gasteiger partial charge in [0.15, 0.2) is 10.9 Å². The molecule has 0 aliphatic heterocycles. The van der Waals surface area contributed by atoms with E-state index in [0.717, 1.165) is 11.8 Å². The van der Waals surface area contributed by atoms with Crippen LogP contribution in [0.4, 0.5) is 5.69 Å². The smallest absolute Gasteiger partial charge is 0.186 e. The van der Waals surface area contributed by atoms with Crippen LogP contribution < -0.4 is 5.73 Å². The zero-order valence-corrected chi connectivity index (χ0v) is 10.6. The molecule has 1 rings (SSSR count). The third-order valence-electron chi connectivity index (χ3n) is 1.64. The first-order valence-electron chi connectivity index (χ1n) is 5.11. The zero-order chi connectivity index (χ0) is 12.6. The Morgan fingerprint density at radius 1 is 1.25 bits per heavy atom. The Kier molecular flexibility index (Phi) is 7.29. The topological polar surface area (TPSA) is 60.2 Å². The van der Waals surface area contributed by atoms with Gasteiger partial charge in [-0.2, -0.15) is 0 Å². The number of hydrogen-bond acceptors (Lipinski definition) is 4. The van der Waals surface area contributed by atoms with Crippen molar-refractivity contribution >= 4 is 28.3 Å². The Morgan fingerprint density at radius 3 is 2.19 bits per heavy atom. The van der Waals surface area contributed by atoms with Gasteiger partial charge in [0.25, 0.3) is 0 Å². The lowest BCUT2D eigenvalue weighted by atomic mass is 10.1. The lowest BCUT2D eigenvalue weighted by Gasteiger charge is -1.99. The minimum Gasteiger partial charge on any atom is -0.399 e. The highest BCUT2D eigenvalue weighted by Crippen LogP contribution is 2.10. The van der Waals surface area contributed by atoms with E-state index in [1.54, 1.807) is 24.3 Å². The minimum atomic E-state index is -0.0507. The predicted molar refractivity (Wildman–Crippen MR) is 71.8 cm³/mol. The van der Waals surface area contributed by atoms with Gasteiger partial charge in [0.1, 0.15) is 0 Å². The van der Waals surface area contributed by atoms with Gasteiger partial charge in [-0.15, -0.1) is 0 Å². The highest BCUT2D eigenvalue weighted by molar-refractivity contribution is 8.14. The second-order valence-corrected chi connectivity index (χ2v) is 3.98. The maximum absolute atomic E-state index is 11.4. The number of benzene rings is 1. The molecule has 0 bridgehead atoms. The highest BCUT2D eigenvalue weighted by atomic mass is 32.2. The maximum Gasteiger partial charge on any atom is 0.186 e. The molecule has 90 valence electrons. The van der Waals surface area contributed by atoms with Gasteiger partial charge >= 0.3 is 0 Å². The van der Waals surface area contributed by atoms with Crippen LogP contribution in [0.25, 0.3) is 0 Å². The van der Waals surface area contributed by atoms with Gasteiger partial charge in [-0.25, -0.2) is 0 Å². The Hall–Kier alpha value is -1.29. The molecule has 1 aromatic carbocycles. The highest BCUT2D eigenvalue weighted by Gasteiger charge is 2.06. The normalized spacial score (nSPS) is 8.94. The summed E-state index contributed by atoms with van der Waals surface area (Å²) in [6, 6.07) is 6.67. The number of hydrogen-bond donors (Lipinski definition) is 1. The quantitative estimate of drug-likeness (QED) is 0.652. The third-order valence-corrected chi connectivity index (χ3v) is 2.45. The average Bonchev–Trinajstić information content (AvgIpc) is 2.29. The average molecular weight is 241 g/mol. The van der Waals surface area contributed by atoms with Crippen molar-refractivity contribution in [2.45, 2.75) is 20.8 Å². The first kappa shape index (κ1) is 14.7. The fourth-order valence-corrected chi connectivity index (χ4v) is 1.42. The van der Waals surface area contributed by atoms with Crippen molar-refractivity contribution < 1.29 is 11.0 Å². The van der Waals surface area contributed by atoms with Gasteiger partial charge in [0.2, 0.25) is 0 Å². The number of nitrogens with two attached hydrogens (primary N) is 1. The standard InChI is InChI=1S/C10H11NO2S.C2H6.H2/c1-7(12)14-6-10(13)8-2-4-9(11)5-3-8;1-2;/h2-5H,6,11H2,1H3;1-2H3;1H. The van der Waals surface area contributed by atoms with Crippen LogP contribution in [0.5, 0.6) is 0 Å². The fraction of sp³-hybridized carbons (Fsp3) is 0.333. The number of carbonyl (C=O) groups is 2. The Labute approximate surface area is 102 Å². The molecule has 0 aromatic heterocycles. The molecule has 0 saturated carbocycles. The predicted octanol–water partition coefficient (Wildman–Crippen LogP) is 3.00. The van der Waals surface area contributed by atoms with E-state index in [4.69, 9.17) is 5.73 Å². The Morgan fingerprint density at radius 2 is 1.75 bits per heavy atom. The number of nitrogen functional groups attached to an aromatic ring is 1. The summed E-state index contributed by atoms with van der Waals surface area (Å²) in [5.74, 6) is 0.143. The van der Waals surface area contributed by atoms with E-state index in [-0.39, 0.29) is 18.1 Å². The molecule has 0 aliphatic carbocycles. The molecule has 0 amide bonds. The molecule has 2 N–H and O–H groups in total. The van der Waals surface area contributed by atoms with Crippen LogP contribution in [0.3, 0.4) is 0 Å². The molecule has 0 unspecified atom stereocenters. The Balaban J connectivity index is 0. The van der Waals surface area contributed by atoms with Crippen LogP contribution in [0.15, 0.2) is 24.3 Å². The summed E-state index contributed by atoms with van der Waals surface area (Å²) in [5.41, 5.74) is 6.69. The lowest BCUT2D eigenvalue weighted by Crippen LogP contribution is -2.03. The summed E-state index contributed by atoms with van der Waals surface area (Å²) in [6.07, 6.45) is 0. The van der Waals surface area contributed by atoms with Gasteiger partial charge in [0.05, 0.1) is 5.75 Å². The fourth-order valence-electron chi connectivity index (χ4n) is 0.920. The number of Topliss-reactive ketones (excluding diaryl/α,β-unsaturated/α-hetero) is 1. The molecule has 0 spiro atoms. The molecular formula is C12H19NO2S. The first-order valence-corrected chi connectivity index (χ1v) is 6.10. The van der Waals surface area contributed by atoms with Crippen LogP contribution in [-0.4, -0.2) is 16.7 Å². The summed E-state index contributed by atoms with van der Waals surface area (Å²) in [7, 11) is 0. The van der Waals surface area contributed by atoms with E-state index in [2.05, 4.69) is 0 Å². The van der Waals surface area contributed by atoms with Crippen molar-refractivity contribution in [2.75, 3.05) is 11.5 Å². The number of thioether (sulfide) groups is 1. The number of anilines is 1. The van der Waals surface area contributed by atoms with Crippen LogP contribution in [0, 0.1) is 0 Å². The van der Waals surface area contributed by atoms with E-state index in [1.807, 2.05) is 13.8 Å². The van der Waals surface area contributed by atoms with Crippen LogP contribution in [-0.2, 0) is 4.79 Å². The van der Waals surface area contributed by atoms with E-state index in [0.29, 0.717) is 11.3 Å². The van der Waals surface area contributed by atoms with Crippen molar-refractivity contribution in [2.24, 2.45) is 0 Å². The summed E-state index contributed by atoms with van der Waals surface area (Å²) in [5, 5.41) is -0.0474. The van der Waals surface area contributed by atoms with E-state index >= 15 is 0 Å². The van der Waals surface area contributed by atoms with Gasteiger partial charge < -0.3 is 5.73 Å². The number of ketones is 1. The second-order valence-electron chi connectivity index (χ2n) is 2.83. The van der Waals surface area contributed by atoms with E-state index in [9.17, 15) is 9.59 Å². The van der Waals surface area contributed by atoms with Gasteiger partial charge in [0, 0.05) is 19.6 Å². The van der Waals surface area contributed by atoms with Crippen molar-refractivity contribution in [1.29, 1.82) is 0 Å². The van der Waals surface area contributed by atoms with Crippen LogP contribution in [0.1, 0.15) is 32.6 Å². The van der Waals surface area contributed by atoms with Gasteiger partial charge in [-0.1, -0.05) is 25.6 Å². The van der Waals surface area contributed by atoms with Crippen molar-refractivity contribution in [3.63, 3.8) is 0 Å². The summed E-state index contributed by atoms with van der Waals surface area (Å²) in [4.78, 5) is 22.1. The SMILES string of the molecule is CC.CC(=O)SCC(=O)c1ccc(N)cc1.[HH]. The van der Waals surface area contributed by atoms with Crippen LogP contribution in [0.2, 0.25) is 0 Å². The van der Waals surface area contributed by atoms with Crippen molar-refractivity contribution in [1.82, 2.24) is 0 Å². The van der Waals surface area contributed by atoms with Gasteiger partial charge in [-0.3, -0.25) is 9.59 Å². The third kappa shape index (κ3) is 5.56. The Bertz CT molecular complexity index is 352. The molecule has 0 atom stereocenters. The monoisotopic (exact) mass is 241 g/mol. The molecule has 4 heteroatoms. The van der Waals surface area contributed by atoms with Crippen LogP contribution >= 0.6 is 11.8 Å². The maximum atomic E-state index is 11.4. The van der Waals surface area contributed by atoms with Crippen molar-refractivity contribution in [3.05, 3.63) is 29.8 Å².